The molecule has 0 saturated carbocycles. The number of ether oxygens (including phenoxy) is 2. The van der Waals surface area contributed by atoms with Gasteiger partial charge in [0.1, 0.15) is 6.10 Å². The van der Waals surface area contributed by atoms with E-state index >= 15 is 0 Å². The molecule has 0 aromatic carbocycles. The van der Waals surface area contributed by atoms with Crippen molar-refractivity contribution in [2.24, 2.45) is 5.92 Å². The van der Waals surface area contributed by atoms with Crippen LogP contribution in [0.4, 0.5) is 5.95 Å². The zero-order chi connectivity index (χ0) is 15.1. The molecule has 114 valence electrons. The Morgan fingerprint density at radius 2 is 2.33 bits per heavy atom. The van der Waals surface area contributed by atoms with Crippen LogP contribution in [0, 0.1) is 5.92 Å². The topological polar surface area (TPSA) is 108 Å². The molecule has 3 rings (SSSR count). The Hall–Kier alpha value is -1.93. The molecule has 0 radical (unpaired) electrons. The largest absolute Gasteiger partial charge is 0.376 e. The van der Waals surface area contributed by atoms with E-state index in [1.54, 1.807) is 18.0 Å². The number of hydrogen-bond acceptors (Lipinski definition) is 6. The molecule has 2 aromatic rings. The minimum absolute atomic E-state index is 0.0568. The monoisotopic (exact) mass is 293 g/mol. The lowest BCUT2D eigenvalue weighted by atomic mass is 9.98. The minimum Gasteiger partial charge on any atom is -0.376 e. The predicted molar refractivity (Wildman–Crippen MR) is 76.7 cm³/mol. The number of methoxy groups -OCH3 is 1. The maximum Gasteiger partial charge on any atom is 0.280 e. The summed E-state index contributed by atoms with van der Waals surface area (Å²) >= 11 is 0. The van der Waals surface area contributed by atoms with Crippen LogP contribution in [0.25, 0.3) is 11.2 Å². The standard InChI is InChI=1S/C13H19N5O3/c1-4-7-6(2)9(20-3)12(21-7)18-5-15-8-10(18)16-13(14)17-11(8)19/h5-7,9,12H,4H2,1-3H3,(H3,14,16,17,19)/t6-,7-,9-,12-/m1/s1. The number of rotatable bonds is 3. The van der Waals surface area contributed by atoms with Crippen molar-refractivity contribution in [3.05, 3.63) is 16.7 Å². The number of nitrogens with two attached hydrogens (primary N) is 1. The average Bonchev–Trinajstić information content (AvgIpc) is 2.99. The lowest BCUT2D eigenvalue weighted by Gasteiger charge is -2.20. The third-order valence-corrected chi connectivity index (χ3v) is 4.10. The molecule has 3 N–H and O–H groups in total. The number of imidazole rings is 1. The molecule has 1 aliphatic heterocycles. The van der Waals surface area contributed by atoms with Crippen LogP contribution >= 0.6 is 0 Å². The highest BCUT2D eigenvalue weighted by atomic mass is 16.6. The fraction of sp³-hybridized carbons (Fsp3) is 0.615. The smallest absolute Gasteiger partial charge is 0.280 e. The van der Waals surface area contributed by atoms with Crippen LogP contribution in [0.15, 0.2) is 11.1 Å². The normalized spacial score (nSPS) is 29.3. The SMILES string of the molecule is CC[C@H]1O[C@@H](n2cnc3c(=O)[nH]c(N)nc32)[C@H](OC)[C@@H]1C. The maximum absolute atomic E-state index is 11.8. The molecule has 3 heterocycles. The molecular weight excluding hydrogens is 274 g/mol. The molecule has 8 heteroatoms. The van der Waals surface area contributed by atoms with Crippen LogP contribution in [0.1, 0.15) is 26.5 Å². The van der Waals surface area contributed by atoms with E-state index in [-0.39, 0.29) is 41.4 Å². The number of nitrogens with zero attached hydrogens (tertiary/aromatic N) is 3. The molecule has 0 unspecified atom stereocenters. The Bertz CT molecular complexity index is 709. The molecule has 0 spiro atoms. The number of H-pyrrole nitrogens is 1. The van der Waals surface area contributed by atoms with E-state index in [2.05, 4.69) is 28.8 Å². The fourth-order valence-corrected chi connectivity index (χ4v) is 3.00. The third-order valence-electron chi connectivity index (χ3n) is 4.10. The molecular formula is C13H19N5O3. The number of aromatic nitrogens is 4. The highest BCUT2D eigenvalue weighted by Gasteiger charge is 2.43. The summed E-state index contributed by atoms with van der Waals surface area (Å²) in [5, 5.41) is 0. The van der Waals surface area contributed by atoms with Gasteiger partial charge in [0.25, 0.3) is 5.56 Å². The van der Waals surface area contributed by atoms with Crippen molar-refractivity contribution in [1.29, 1.82) is 0 Å². The molecule has 8 nitrogen and oxygen atoms in total. The van der Waals surface area contributed by atoms with Gasteiger partial charge in [-0.2, -0.15) is 4.98 Å². The third kappa shape index (κ3) is 2.11. The number of nitrogen functional groups attached to an aromatic ring is 1. The second kappa shape index (κ2) is 5.12. The molecule has 21 heavy (non-hydrogen) atoms. The van der Waals surface area contributed by atoms with Gasteiger partial charge >= 0.3 is 0 Å². The highest BCUT2D eigenvalue weighted by molar-refractivity contribution is 5.70. The molecule has 4 atom stereocenters. The second-order valence-corrected chi connectivity index (χ2v) is 5.31. The van der Waals surface area contributed by atoms with Gasteiger partial charge in [-0.1, -0.05) is 13.8 Å². The number of hydrogen-bond donors (Lipinski definition) is 2. The Morgan fingerprint density at radius 3 is 3.00 bits per heavy atom. The van der Waals surface area contributed by atoms with E-state index in [1.807, 2.05) is 0 Å². The average molecular weight is 293 g/mol. The van der Waals surface area contributed by atoms with E-state index in [0.29, 0.717) is 5.65 Å². The first-order chi connectivity index (χ1) is 10.1. The Balaban J connectivity index is 2.10. The zero-order valence-electron chi connectivity index (χ0n) is 12.2. The van der Waals surface area contributed by atoms with Crippen LogP contribution < -0.4 is 11.3 Å². The van der Waals surface area contributed by atoms with Crippen LogP contribution in [0.5, 0.6) is 0 Å². The van der Waals surface area contributed by atoms with E-state index in [9.17, 15) is 4.79 Å². The van der Waals surface area contributed by atoms with Gasteiger partial charge < -0.3 is 15.2 Å². The summed E-state index contributed by atoms with van der Waals surface area (Å²) in [4.78, 5) is 22.6. The molecule has 0 amide bonds. The first-order valence-electron chi connectivity index (χ1n) is 6.97. The van der Waals surface area contributed by atoms with Crippen LogP contribution in [0.2, 0.25) is 0 Å². The molecule has 1 saturated heterocycles. The molecule has 0 bridgehead atoms. The summed E-state index contributed by atoms with van der Waals surface area (Å²) in [6, 6.07) is 0. The summed E-state index contributed by atoms with van der Waals surface area (Å²) in [5.74, 6) is 0.295. The predicted octanol–water partition coefficient (Wildman–Crippen LogP) is 0.660. The lowest BCUT2D eigenvalue weighted by Crippen LogP contribution is -2.26. The van der Waals surface area contributed by atoms with Crippen LogP contribution in [0.3, 0.4) is 0 Å². The summed E-state index contributed by atoms with van der Waals surface area (Å²) in [5.41, 5.74) is 5.92. The summed E-state index contributed by atoms with van der Waals surface area (Å²) < 4.78 is 13.4. The van der Waals surface area contributed by atoms with E-state index in [4.69, 9.17) is 15.2 Å². The summed E-state index contributed by atoms with van der Waals surface area (Å²) in [6.07, 6.45) is 2.04. The van der Waals surface area contributed by atoms with Gasteiger partial charge in [-0.15, -0.1) is 0 Å². The number of anilines is 1. The quantitative estimate of drug-likeness (QED) is 0.860. The van der Waals surface area contributed by atoms with Gasteiger partial charge in [-0.05, 0) is 6.42 Å². The van der Waals surface area contributed by atoms with Crippen molar-refractivity contribution < 1.29 is 9.47 Å². The molecule has 0 aliphatic carbocycles. The van der Waals surface area contributed by atoms with Crippen molar-refractivity contribution in [1.82, 2.24) is 19.5 Å². The maximum atomic E-state index is 11.8. The van der Waals surface area contributed by atoms with Gasteiger partial charge in [-0.3, -0.25) is 14.3 Å². The summed E-state index contributed by atoms with van der Waals surface area (Å²) in [6.45, 7) is 4.17. The van der Waals surface area contributed by atoms with Gasteiger partial charge in [-0.25, -0.2) is 4.98 Å². The van der Waals surface area contributed by atoms with Crippen molar-refractivity contribution in [3.8, 4) is 0 Å². The van der Waals surface area contributed by atoms with Crippen molar-refractivity contribution in [2.45, 2.75) is 38.7 Å². The van der Waals surface area contributed by atoms with Gasteiger partial charge in [0.15, 0.2) is 17.4 Å². The first kappa shape index (κ1) is 14.0. The van der Waals surface area contributed by atoms with Crippen molar-refractivity contribution in [2.75, 3.05) is 12.8 Å². The van der Waals surface area contributed by atoms with Gasteiger partial charge in [0.2, 0.25) is 5.95 Å². The second-order valence-electron chi connectivity index (χ2n) is 5.31. The van der Waals surface area contributed by atoms with Crippen molar-refractivity contribution >= 4 is 17.1 Å². The van der Waals surface area contributed by atoms with Crippen LogP contribution in [-0.2, 0) is 9.47 Å². The van der Waals surface area contributed by atoms with E-state index < -0.39 is 0 Å². The number of fused-ring (bicyclic) bond motifs is 1. The van der Waals surface area contributed by atoms with Gasteiger partial charge in [0, 0.05) is 13.0 Å². The van der Waals surface area contributed by atoms with Crippen LogP contribution in [-0.4, -0.2) is 38.8 Å². The molecule has 1 aliphatic rings. The molecule has 2 aromatic heterocycles. The molecule has 1 fully saturated rings. The Labute approximate surface area is 121 Å². The highest BCUT2D eigenvalue weighted by Crippen LogP contribution is 2.37. The Morgan fingerprint density at radius 1 is 1.57 bits per heavy atom. The first-order valence-corrected chi connectivity index (χ1v) is 6.97. The lowest BCUT2D eigenvalue weighted by molar-refractivity contribution is -0.0484. The number of aromatic amines is 1. The van der Waals surface area contributed by atoms with Gasteiger partial charge in [0.05, 0.1) is 12.4 Å². The van der Waals surface area contributed by atoms with Crippen molar-refractivity contribution in [3.63, 3.8) is 0 Å². The zero-order valence-corrected chi connectivity index (χ0v) is 12.2. The van der Waals surface area contributed by atoms with E-state index in [0.717, 1.165) is 6.42 Å². The van der Waals surface area contributed by atoms with E-state index in [1.165, 1.54) is 0 Å². The fourth-order valence-electron chi connectivity index (χ4n) is 3.00. The number of nitrogens with one attached hydrogen (secondary N) is 1. The minimum atomic E-state index is -0.367. The summed E-state index contributed by atoms with van der Waals surface area (Å²) in [7, 11) is 1.66. The Kier molecular flexibility index (Phi) is 3.42.